The van der Waals surface area contributed by atoms with E-state index in [0.29, 0.717) is 45.5 Å². The Labute approximate surface area is 207 Å². The van der Waals surface area contributed by atoms with Gasteiger partial charge in [-0.15, -0.1) is 0 Å². The van der Waals surface area contributed by atoms with Crippen molar-refractivity contribution in [2.45, 2.75) is 25.5 Å². The van der Waals surface area contributed by atoms with Crippen LogP contribution in [0.3, 0.4) is 0 Å². The fourth-order valence-electron chi connectivity index (χ4n) is 4.38. The number of amides is 1. The minimum absolute atomic E-state index is 0.278. The van der Waals surface area contributed by atoms with E-state index in [1.807, 2.05) is 0 Å². The van der Waals surface area contributed by atoms with E-state index in [4.69, 9.17) is 16.3 Å². The van der Waals surface area contributed by atoms with E-state index in [1.165, 1.54) is 10.7 Å². The largest absolute Gasteiger partial charge is 0.496 e. The Bertz CT molecular complexity index is 1350. The second-order valence-corrected chi connectivity index (χ2v) is 8.96. The summed E-state index contributed by atoms with van der Waals surface area (Å²) in [6, 6.07) is 6.95. The molecule has 0 radical (unpaired) electrons. The van der Waals surface area contributed by atoms with Gasteiger partial charge in [-0.3, -0.25) is 9.48 Å². The molecule has 5 rings (SSSR count). The molecular formula is C24H26ClN7O3. The first-order valence-corrected chi connectivity index (χ1v) is 11.8. The van der Waals surface area contributed by atoms with Gasteiger partial charge in [0, 0.05) is 35.7 Å². The lowest BCUT2D eigenvalue weighted by molar-refractivity contribution is 0.102. The summed E-state index contributed by atoms with van der Waals surface area (Å²) in [5.74, 6) is 0.184. The number of hydrogen-bond acceptors (Lipinski definition) is 7. The zero-order valence-electron chi connectivity index (χ0n) is 19.3. The van der Waals surface area contributed by atoms with Crippen LogP contribution in [0.2, 0.25) is 5.02 Å². The average Bonchev–Trinajstić information content (AvgIpc) is 3.59. The van der Waals surface area contributed by atoms with Crippen molar-refractivity contribution in [1.82, 2.24) is 29.3 Å². The number of aromatic nitrogens is 5. The normalized spacial score (nSPS) is 14.9. The minimum atomic E-state index is -0.602. The number of methoxy groups -OCH3 is 1. The molecule has 35 heavy (non-hydrogen) atoms. The molecule has 0 saturated carbocycles. The van der Waals surface area contributed by atoms with Gasteiger partial charge in [0.1, 0.15) is 17.0 Å². The molecular weight excluding hydrogens is 470 g/mol. The fraction of sp³-hybridized carbons (Fsp3) is 0.333. The van der Waals surface area contributed by atoms with Gasteiger partial charge in [0.25, 0.3) is 5.91 Å². The molecule has 3 aromatic heterocycles. The SMILES string of the molecule is COc1ccc(Cl)cc1-c1nn(C[C@H](O)CN2CCCC2)cc1NC(=O)c1cnn2cccnc12. The standard InChI is InChI=1S/C24H26ClN7O3/c1-35-21-6-5-16(25)11-18(21)22-20(15-31(29-22)14-17(33)13-30-8-2-3-9-30)28-24(34)19-12-27-32-10-4-7-26-23(19)32/h4-7,10-12,15,17,33H,2-3,8-9,13-14H2,1H3,(H,28,34)/t17-/m1/s1. The number of nitrogens with zero attached hydrogens (tertiary/aromatic N) is 6. The molecule has 1 saturated heterocycles. The number of likely N-dealkylation sites (tertiary alicyclic amines) is 1. The predicted octanol–water partition coefficient (Wildman–Crippen LogP) is 2.96. The molecule has 0 bridgehead atoms. The number of halogens is 1. The zero-order valence-corrected chi connectivity index (χ0v) is 20.0. The van der Waals surface area contributed by atoms with Crippen LogP contribution in [0, 0.1) is 0 Å². The third-order valence-corrected chi connectivity index (χ3v) is 6.25. The Morgan fingerprint density at radius 3 is 2.91 bits per heavy atom. The van der Waals surface area contributed by atoms with Crippen molar-refractivity contribution in [2.75, 3.05) is 32.1 Å². The summed E-state index contributed by atoms with van der Waals surface area (Å²) in [7, 11) is 1.56. The van der Waals surface area contributed by atoms with Gasteiger partial charge >= 0.3 is 0 Å². The number of nitrogens with one attached hydrogen (secondary N) is 1. The van der Waals surface area contributed by atoms with Crippen molar-refractivity contribution < 1.29 is 14.6 Å². The molecule has 1 aliphatic rings. The summed E-state index contributed by atoms with van der Waals surface area (Å²) in [5, 5.41) is 23.0. The first kappa shape index (κ1) is 23.3. The number of aliphatic hydroxyl groups excluding tert-OH is 1. The van der Waals surface area contributed by atoms with Gasteiger partial charge in [-0.05, 0) is 50.2 Å². The number of rotatable bonds is 8. The highest BCUT2D eigenvalue weighted by Gasteiger charge is 2.22. The first-order chi connectivity index (χ1) is 17.0. The van der Waals surface area contributed by atoms with Crippen LogP contribution in [-0.4, -0.2) is 73.1 Å². The van der Waals surface area contributed by atoms with Crippen LogP contribution < -0.4 is 10.1 Å². The fourth-order valence-corrected chi connectivity index (χ4v) is 4.56. The van der Waals surface area contributed by atoms with Crippen molar-refractivity contribution in [2.24, 2.45) is 0 Å². The molecule has 4 aromatic rings. The molecule has 0 aliphatic carbocycles. The molecule has 10 nitrogen and oxygen atoms in total. The Morgan fingerprint density at radius 1 is 1.29 bits per heavy atom. The van der Waals surface area contributed by atoms with Gasteiger partial charge in [0.05, 0.1) is 31.6 Å². The van der Waals surface area contributed by atoms with Crippen LogP contribution in [0.25, 0.3) is 16.9 Å². The minimum Gasteiger partial charge on any atom is -0.496 e. The van der Waals surface area contributed by atoms with Crippen molar-refractivity contribution in [3.8, 4) is 17.0 Å². The first-order valence-electron chi connectivity index (χ1n) is 11.4. The summed E-state index contributed by atoms with van der Waals surface area (Å²) in [5.41, 5.74) is 2.34. The summed E-state index contributed by atoms with van der Waals surface area (Å²) in [4.78, 5) is 19.7. The lowest BCUT2D eigenvalue weighted by atomic mass is 10.1. The number of carbonyl (C=O) groups excluding carboxylic acids is 1. The van der Waals surface area contributed by atoms with E-state index in [1.54, 1.807) is 54.6 Å². The van der Waals surface area contributed by atoms with E-state index < -0.39 is 6.10 Å². The van der Waals surface area contributed by atoms with Gasteiger partial charge in [0.2, 0.25) is 0 Å². The number of hydrogen-bond donors (Lipinski definition) is 2. The summed E-state index contributed by atoms with van der Waals surface area (Å²) < 4.78 is 8.70. The van der Waals surface area contributed by atoms with Crippen molar-refractivity contribution in [3.05, 3.63) is 59.6 Å². The highest BCUT2D eigenvalue weighted by atomic mass is 35.5. The molecule has 4 heterocycles. The van der Waals surface area contributed by atoms with Gasteiger partial charge < -0.3 is 20.1 Å². The lowest BCUT2D eigenvalue weighted by Crippen LogP contribution is -2.32. The van der Waals surface area contributed by atoms with E-state index in [0.717, 1.165) is 25.9 Å². The summed E-state index contributed by atoms with van der Waals surface area (Å²) in [6.07, 6.45) is 8.22. The summed E-state index contributed by atoms with van der Waals surface area (Å²) in [6.45, 7) is 2.85. The van der Waals surface area contributed by atoms with Crippen LogP contribution >= 0.6 is 11.6 Å². The molecule has 0 spiro atoms. The second-order valence-electron chi connectivity index (χ2n) is 8.52. The maximum Gasteiger partial charge on any atom is 0.261 e. The van der Waals surface area contributed by atoms with E-state index in [9.17, 15) is 9.90 Å². The van der Waals surface area contributed by atoms with Gasteiger partial charge in [-0.2, -0.15) is 10.2 Å². The number of carbonyl (C=O) groups is 1. The molecule has 2 N–H and O–H groups in total. The van der Waals surface area contributed by atoms with Gasteiger partial charge in [-0.1, -0.05) is 11.6 Å². The molecule has 11 heteroatoms. The molecule has 1 aliphatic heterocycles. The number of fused-ring (bicyclic) bond motifs is 1. The molecule has 1 fully saturated rings. The number of benzene rings is 1. The Morgan fingerprint density at radius 2 is 2.11 bits per heavy atom. The van der Waals surface area contributed by atoms with Crippen molar-refractivity contribution in [1.29, 1.82) is 0 Å². The smallest absolute Gasteiger partial charge is 0.261 e. The van der Waals surface area contributed by atoms with Crippen molar-refractivity contribution in [3.63, 3.8) is 0 Å². The van der Waals surface area contributed by atoms with Crippen LogP contribution in [0.1, 0.15) is 23.2 Å². The Balaban J connectivity index is 1.47. The molecule has 182 valence electrons. The number of β-amino-alcohol motifs (C(OH)–C–C–N with tert-alkyl or cyclic N) is 1. The Kier molecular flexibility index (Phi) is 6.67. The van der Waals surface area contributed by atoms with Crippen LogP contribution in [0.5, 0.6) is 5.75 Å². The third-order valence-electron chi connectivity index (χ3n) is 6.02. The molecule has 1 aromatic carbocycles. The van der Waals surface area contributed by atoms with Crippen molar-refractivity contribution >= 4 is 28.8 Å². The zero-order chi connectivity index (χ0) is 24.4. The topological polar surface area (TPSA) is 110 Å². The maximum absolute atomic E-state index is 13.2. The number of anilines is 1. The van der Waals surface area contributed by atoms with E-state index >= 15 is 0 Å². The highest BCUT2D eigenvalue weighted by molar-refractivity contribution is 6.31. The van der Waals surface area contributed by atoms with Crippen LogP contribution in [0.4, 0.5) is 5.69 Å². The quantitative estimate of drug-likeness (QED) is 0.386. The van der Waals surface area contributed by atoms with Gasteiger partial charge in [0.15, 0.2) is 5.65 Å². The second kappa shape index (κ2) is 10.0. The average molecular weight is 496 g/mol. The van der Waals surface area contributed by atoms with Gasteiger partial charge in [-0.25, -0.2) is 9.50 Å². The number of ether oxygens (including phenoxy) is 1. The Hall–Kier alpha value is -3.47. The van der Waals surface area contributed by atoms with Crippen LogP contribution in [0.15, 0.2) is 49.1 Å². The highest BCUT2D eigenvalue weighted by Crippen LogP contribution is 2.36. The monoisotopic (exact) mass is 495 g/mol. The number of aliphatic hydroxyl groups is 1. The van der Waals surface area contributed by atoms with E-state index in [-0.39, 0.29) is 12.5 Å². The molecule has 1 atom stereocenters. The summed E-state index contributed by atoms with van der Waals surface area (Å²) >= 11 is 6.27. The van der Waals surface area contributed by atoms with E-state index in [2.05, 4.69) is 25.4 Å². The molecule has 1 amide bonds. The third kappa shape index (κ3) is 5.00. The maximum atomic E-state index is 13.2. The lowest BCUT2D eigenvalue weighted by Gasteiger charge is -2.19. The van der Waals surface area contributed by atoms with Crippen LogP contribution in [-0.2, 0) is 6.54 Å². The predicted molar refractivity (Wildman–Crippen MR) is 132 cm³/mol. The molecule has 0 unspecified atom stereocenters.